The van der Waals surface area contributed by atoms with E-state index in [9.17, 15) is 20.1 Å². The molecule has 0 unspecified atom stereocenters. The molecule has 4 N–H and O–H groups in total. The zero-order valence-corrected chi connectivity index (χ0v) is 20.5. The van der Waals surface area contributed by atoms with Gasteiger partial charge in [0, 0.05) is 12.0 Å². The molecule has 4 aliphatic carbocycles. The second kappa shape index (κ2) is 8.03. The highest BCUT2D eigenvalue weighted by molar-refractivity contribution is 5.87. The van der Waals surface area contributed by atoms with Crippen LogP contribution in [0.4, 0.5) is 0 Å². The molecule has 0 bridgehead atoms. The molecule has 1 aliphatic heterocycles. The Morgan fingerprint density at radius 3 is 2.38 bits per heavy atom. The van der Waals surface area contributed by atoms with Crippen LogP contribution in [0.1, 0.15) is 79.1 Å². The number of Topliss-reactive ketones (excluding diaryl/α,β-unsaturated/α-hetero) is 1. The van der Waals surface area contributed by atoms with Crippen molar-refractivity contribution in [1.82, 2.24) is 5.32 Å². The molecule has 5 heteroatoms. The number of nitrogens with one attached hydrogen (secondary N) is 1. The largest absolute Gasteiger partial charge is 0.393 e. The maximum atomic E-state index is 12.8. The molecule has 0 spiro atoms. The number of aliphatic hydroxyl groups is 3. The van der Waals surface area contributed by atoms with Crippen LogP contribution in [0.5, 0.6) is 0 Å². The van der Waals surface area contributed by atoms with Crippen LogP contribution in [0.25, 0.3) is 0 Å². The van der Waals surface area contributed by atoms with Crippen molar-refractivity contribution in [3.05, 3.63) is 0 Å². The monoisotopic (exact) mass is 447 g/mol. The number of carbonyl (C=O) groups is 1. The molecule has 0 aromatic rings. The van der Waals surface area contributed by atoms with Crippen LogP contribution in [-0.2, 0) is 4.79 Å². The van der Waals surface area contributed by atoms with Crippen LogP contribution in [0, 0.1) is 52.3 Å². The van der Waals surface area contributed by atoms with Gasteiger partial charge in [0.25, 0.3) is 0 Å². The molecule has 5 rings (SSSR count). The molecule has 32 heavy (non-hydrogen) atoms. The Morgan fingerprint density at radius 1 is 0.938 bits per heavy atom. The number of aliphatic hydroxyl groups excluding tert-OH is 3. The predicted molar refractivity (Wildman–Crippen MR) is 124 cm³/mol. The predicted octanol–water partition coefficient (Wildman–Crippen LogP) is 3.15. The van der Waals surface area contributed by atoms with Crippen molar-refractivity contribution in [1.29, 1.82) is 0 Å². The molecule has 5 aliphatic rings. The zero-order chi connectivity index (χ0) is 23.0. The van der Waals surface area contributed by atoms with Gasteiger partial charge in [-0.1, -0.05) is 27.7 Å². The molecule has 5 fully saturated rings. The first kappa shape index (κ1) is 23.3. The maximum Gasteiger partial charge on any atom is 0.164 e. The van der Waals surface area contributed by atoms with Gasteiger partial charge in [0.15, 0.2) is 5.78 Å². The quantitative estimate of drug-likeness (QED) is 0.522. The van der Waals surface area contributed by atoms with Gasteiger partial charge in [-0.05, 0) is 104 Å². The van der Waals surface area contributed by atoms with Crippen molar-refractivity contribution in [2.45, 2.75) is 103 Å². The Labute approximate surface area is 193 Å². The zero-order valence-electron chi connectivity index (χ0n) is 20.5. The van der Waals surface area contributed by atoms with Crippen LogP contribution in [0.15, 0.2) is 0 Å². The lowest BCUT2D eigenvalue weighted by atomic mass is 9.44. The van der Waals surface area contributed by atoms with E-state index in [-0.39, 0.29) is 52.6 Å². The summed E-state index contributed by atoms with van der Waals surface area (Å²) in [5.74, 6) is 2.62. The number of carbonyl (C=O) groups excluding carboxylic acids is 1. The Balaban J connectivity index is 1.39. The highest BCUT2D eigenvalue weighted by atomic mass is 16.3. The summed E-state index contributed by atoms with van der Waals surface area (Å²) in [6, 6.07) is 0.0601. The highest BCUT2D eigenvalue weighted by Crippen LogP contribution is 2.68. The Bertz CT molecular complexity index is 743. The number of rotatable bonds is 2. The minimum atomic E-state index is -0.755. The van der Waals surface area contributed by atoms with Crippen LogP contribution in [0.2, 0.25) is 0 Å². The lowest BCUT2D eigenvalue weighted by molar-refractivity contribution is -0.161. The first-order valence-electron chi connectivity index (χ1n) is 13.4. The van der Waals surface area contributed by atoms with E-state index in [4.69, 9.17) is 0 Å². The molecule has 182 valence electrons. The molecule has 0 aromatic carbocycles. The lowest BCUT2D eigenvalue weighted by Crippen LogP contribution is -2.58. The minimum absolute atomic E-state index is 0.00642. The van der Waals surface area contributed by atoms with Crippen LogP contribution >= 0.6 is 0 Å². The number of ketones is 1. The maximum absolute atomic E-state index is 12.8. The summed E-state index contributed by atoms with van der Waals surface area (Å²) in [4.78, 5) is 12.8. The Hall–Kier alpha value is -0.490. The first-order valence-corrected chi connectivity index (χ1v) is 13.4. The normalized spacial score (nSPS) is 56.8. The number of hydrogen-bond acceptors (Lipinski definition) is 5. The number of hydrogen-bond donors (Lipinski definition) is 4. The lowest BCUT2D eigenvalue weighted by Gasteiger charge is -2.60. The first-order chi connectivity index (χ1) is 15.1. The molecule has 1 saturated heterocycles. The summed E-state index contributed by atoms with van der Waals surface area (Å²) in [6.07, 6.45) is 6.05. The average Bonchev–Trinajstić information content (AvgIpc) is 3.01. The van der Waals surface area contributed by atoms with Crippen LogP contribution in [-0.4, -0.2) is 52.0 Å². The fourth-order valence-electron chi connectivity index (χ4n) is 9.98. The van der Waals surface area contributed by atoms with E-state index < -0.39 is 6.10 Å². The molecule has 0 aromatic heterocycles. The van der Waals surface area contributed by atoms with Gasteiger partial charge in [-0.15, -0.1) is 0 Å². The molecule has 13 atom stereocenters. The van der Waals surface area contributed by atoms with Gasteiger partial charge in [-0.25, -0.2) is 0 Å². The Kier molecular flexibility index (Phi) is 5.84. The molecular weight excluding hydrogens is 402 g/mol. The number of piperidine rings is 1. The standard InChI is InChI=1S/C27H45NO4/c1-14-11-22(31)24(28-13-14)15(2)23-21(30)12-19-16-5-6-18-25(32)20(29)8-10-26(18,3)17(16)7-9-27(19,23)4/h14-24,28-31H,5-13H2,1-4H3/t14-,15-,16+,17+,18+,19+,20-,21+,22+,23-,24-,26+,27-/m0/s1. The summed E-state index contributed by atoms with van der Waals surface area (Å²) in [6.45, 7) is 10.1. The van der Waals surface area contributed by atoms with Crippen molar-refractivity contribution in [3.63, 3.8) is 0 Å². The highest BCUT2D eigenvalue weighted by Gasteiger charge is 2.64. The second-order valence-electron chi connectivity index (χ2n) is 13.0. The van der Waals surface area contributed by atoms with E-state index in [0.29, 0.717) is 30.1 Å². The van der Waals surface area contributed by atoms with Gasteiger partial charge in [0.1, 0.15) is 6.10 Å². The van der Waals surface area contributed by atoms with Gasteiger partial charge >= 0.3 is 0 Å². The fourth-order valence-corrected chi connectivity index (χ4v) is 9.98. The van der Waals surface area contributed by atoms with Gasteiger partial charge in [-0.3, -0.25) is 4.79 Å². The van der Waals surface area contributed by atoms with E-state index >= 15 is 0 Å². The van der Waals surface area contributed by atoms with Crippen LogP contribution in [0.3, 0.4) is 0 Å². The molecule has 1 heterocycles. The third-order valence-corrected chi connectivity index (χ3v) is 11.5. The van der Waals surface area contributed by atoms with E-state index in [2.05, 4.69) is 33.0 Å². The molecule has 0 amide bonds. The van der Waals surface area contributed by atoms with Crippen molar-refractivity contribution in [2.75, 3.05) is 6.54 Å². The summed E-state index contributed by atoms with van der Waals surface area (Å²) in [5, 5.41) is 36.0. The molecule has 4 saturated carbocycles. The smallest absolute Gasteiger partial charge is 0.164 e. The summed E-state index contributed by atoms with van der Waals surface area (Å²) in [7, 11) is 0. The molecule has 0 radical (unpaired) electrons. The summed E-state index contributed by atoms with van der Waals surface area (Å²) >= 11 is 0. The Morgan fingerprint density at radius 2 is 1.66 bits per heavy atom. The van der Waals surface area contributed by atoms with Gasteiger partial charge < -0.3 is 20.6 Å². The minimum Gasteiger partial charge on any atom is -0.393 e. The third-order valence-electron chi connectivity index (χ3n) is 11.5. The average molecular weight is 448 g/mol. The van der Waals surface area contributed by atoms with Gasteiger partial charge in [0.05, 0.1) is 12.2 Å². The fraction of sp³-hybridized carbons (Fsp3) is 0.963. The van der Waals surface area contributed by atoms with E-state index in [1.807, 2.05) is 0 Å². The molecular formula is C27H45NO4. The van der Waals surface area contributed by atoms with Gasteiger partial charge in [-0.2, -0.15) is 0 Å². The van der Waals surface area contributed by atoms with Gasteiger partial charge in [0.2, 0.25) is 0 Å². The van der Waals surface area contributed by atoms with Crippen molar-refractivity contribution < 1.29 is 20.1 Å². The van der Waals surface area contributed by atoms with Crippen molar-refractivity contribution in [2.24, 2.45) is 52.3 Å². The second-order valence-corrected chi connectivity index (χ2v) is 13.0. The van der Waals surface area contributed by atoms with Crippen molar-refractivity contribution >= 4 is 5.78 Å². The third kappa shape index (κ3) is 3.28. The summed E-state index contributed by atoms with van der Waals surface area (Å²) in [5.41, 5.74) is 0.0956. The summed E-state index contributed by atoms with van der Waals surface area (Å²) < 4.78 is 0. The number of fused-ring (bicyclic) bond motifs is 5. The van der Waals surface area contributed by atoms with Crippen LogP contribution < -0.4 is 5.32 Å². The van der Waals surface area contributed by atoms with E-state index in [0.717, 1.165) is 51.5 Å². The van der Waals surface area contributed by atoms with E-state index in [1.165, 1.54) is 0 Å². The topological polar surface area (TPSA) is 89.8 Å². The van der Waals surface area contributed by atoms with Crippen molar-refractivity contribution in [3.8, 4) is 0 Å². The SMILES string of the molecule is C[C@@H]1CN[C@@H]([C@@H](C)[C@H]2[C@H](O)C[C@@H]3[C@@H]4CC[C@@H]5C(=O)[C@@H](O)CC[C@]5(C)[C@@H]4CC[C@]23C)[C@H](O)C1. The van der Waals surface area contributed by atoms with E-state index in [1.54, 1.807) is 0 Å². The molecule has 5 nitrogen and oxygen atoms in total.